The van der Waals surface area contributed by atoms with Gasteiger partial charge in [-0.15, -0.1) is 0 Å². The van der Waals surface area contributed by atoms with Crippen LogP contribution in [0.25, 0.3) is 0 Å². The average Bonchev–Trinajstić information content (AvgIpc) is 2.37. The zero-order valence-corrected chi connectivity index (χ0v) is 14.0. The Morgan fingerprint density at radius 3 is 2.76 bits per heavy atom. The summed E-state index contributed by atoms with van der Waals surface area (Å²) >= 11 is 2.95. The Bertz CT molecular complexity index is 600. The van der Waals surface area contributed by atoms with E-state index >= 15 is 0 Å². The van der Waals surface area contributed by atoms with Gasteiger partial charge in [-0.2, -0.15) is 4.31 Å². The van der Waals surface area contributed by atoms with E-state index in [0.29, 0.717) is 25.7 Å². The van der Waals surface area contributed by atoms with E-state index in [1.165, 1.54) is 4.31 Å². The van der Waals surface area contributed by atoms with Gasteiger partial charge < -0.3 is 5.32 Å². The summed E-state index contributed by atoms with van der Waals surface area (Å²) < 4.78 is 53.4. The monoisotopic (exact) mass is 382 g/mol. The Morgan fingerprint density at radius 2 is 2.14 bits per heavy atom. The molecule has 1 heterocycles. The Labute approximate surface area is 131 Å². The molecular weight excluding hydrogens is 366 g/mol. The van der Waals surface area contributed by atoms with Crippen molar-refractivity contribution in [1.29, 1.82) is 0 Å². The predicted octanol–water partition coefficient (Wildman–Crippen LogP) is 2.35. The smallest absolute Gasteiger partial charge is 0.247 e. The zero-order chi connectivity index (χ0) is 15.6. The third-order valence-corrected chi connectivity index (χ3v) is 6.37. The average molecular weight is 383 g/mol. The second-order valence-electron chi connectivity index (χ2n) is 5.13. The van der Waals surface area contributed by atoms with Gasteiger partial charge in [-0.25, -0.2) is 17.2 Å². The van der Waals surface area contributed by atoms with Crippen molar-refractivity contribution < 1.29 is 17.2 Å². The Balaban J connectivity index is 2.34. The molecule has 0 spiro atoms. The summed E-state index contributed by atoms with van der Waals surface area (Å²) in [4.78, 5) is -0.492. The maximum Gasteiger partial charge on any atom is 0.247 e. The summed E-state index contributed by atoms with van der Waals surface area (Å²) in [5, 5.41) is 3.03. The van der Waals surface area contributed by atoms with E-state index in [1.54, 1.807) is 0 Å². The number of nitrogens with one attached hydrogen (secondary N) is 1. The number of rotatable bonds is 4. The highest BCUT2D eigenvalue weighted by atomic mass is 79.9. The van der Waals surface area contributed by atoms with Crippen molar-refractivity contribution in [3.8, 4) is 0 Å². The Hall–Kier alpha value is -0.570. The number of nitrogens with zero attached hydrogens (tertiary/aromatic N) is 1. The second kappa shape index (κ2) is 6.68. The number of piperidine rings is 1. The molecule has 0 saturated carbocycles. The normalized spacial score (nSPS) is 20.7. The summed E-state index contributed by atoms with van der Waals surface area (Å²) in [5.74, 6) is -1.69. The molecule has 1 aliphatic heterocycles. The number of benzene rings is 1. The first-order valence-corrected chi connectivity index (χ1v) is 8.89. The molecule has 0 aromatic heterocycles. The van der Waals surface area contributed by atoms with Crippen LogP contribution in [0.4, 0.5) is 8.78 Å². The zero-order valence-electron chi connectivity index (χ0n) is 11.6. The van der Waals surface area contributed by atoms with Gasteiger partial charge in [0.2, 0.25) is 10.0 Å². The van der Waals surface area contributed by atoms with E-state index in [1.807, 2.05) is 7.05 Å². The van der Waals surface area contributed by atoms with Crippen LogP contribution in [0, 0.1) is 17.6 Å². The van der Waals surface area contributed by atoms with Crippen LogP contribution in [0.5, 0.6) is 0 Å². The molecule has 0 bridgehead atoms. The van der Waals surface area contributed by atoms with E-state index in [-0.39, 0.29) is 10.4 Å². The van der Waals surface area contributed by atoms with Gasteiger partial charge in [0.15, 0.2) is 0 Å². The maximum atomic E-state index is 13.9. The SMILES string of the molecule is CNCC1CCCN(S(=O)(=O)c2c(F)cc(F)cc2Br)C1. The summed E-state index contributed by atoms with van der Waals surface area (Å²) in [7, 11) is -2.17. The van der Waals surface area contributed by atoms with Gasteiger partial charge in [0.05, 0.1) is 0 Å². The lowest BCUT2D eigenvalue weighted by Crippen LogP contribution is -2.42. The lowest BCUT2D eigenvalue weighted by molar-refractivity contribution is 0.262. The number of halogens is 3. The van der Waals surface area contributed by atoms with Crippen molar-refractivity contribution >= 4 is 26.0 Å². The van der Waals surface area contributed by atoms with Crippen LogP contribution < -0.4 is 5.32 Å². The molecule has 1 fully saturated rings. The third kappa shape index (κ3) is 3.61. The molecule has 1 aromatic carbocycles. The van der Waals surface area contributed by atoms with Crippen molar-refractivity contribution in [3.63, 3.8) is 0 Å². The second-order valence-corrected chi connectivity index (χ2v) is 7.86. The van der Waals surface area contributed by atoms with Crippen LogP contribution in [0.2, 0.25) is 0 Å². The first-order valence-electron chi connectivity index (χ1n) is 6.65. The summed E-state index contributed by atoms with van der Waals surface area (Å²) in [6.45, 7) is 1.40. The topological polar surface area (TPSA) is 49.4 Å². The number of hydrogen-bond acceptors (Lipinski definition) is 3. The van der Waals surface area contributed by atoms with Crippen molar-refractivity contribution in [2.75, 3.05) is 26.7 Å². The molecule has 2 rings (SSSR count). The first-order chi connectivity index (χ1) is 9.86. The molecule has 4 nitrogen and oxygen atoms in total. The number of sulfonamides is 1. The quantitative estimate of drug-likeness (QED) is 0.869. The van der Waals surface area contributed by atoms with E-state index in [0.717, 1.165) is 18.9 Å². The highest BCUT2D eigenvalue weighted by Gasteiger charge is 2.33. The highest BCUT2D eigenvalue weighted by molar-refractivity contribution is 9.10. The molecule has 1 saturated heterocycles. The van der Waals surface area contributed by atoms with Crippen LogP contribution in [-0.2, 0) is 10.0 Å². The third-order valence-electron chi connectivity index (χ3n) is 3.54. The predicted molar refractivity (Wildman–Crippen MR) is 79.5 cm³/mol. The minimum atomic E-state index is -3.97. The lowest BCUT2D eigenvalue weighted by atomic mass is 10.00. The van der Waals surface area contributed by atoms with Gasteiger partial charge in [0.25, 0.3) is 0 Å². The van der Waals surface area contributed by atoms with E-state index in [4.69, 9.17) is 0 Å². The fraction of sp³-hybridized carbons (Fsp3) is 0.538. The molecule has 8 heteroatoms. The molecule has 1 unspecified atom stereocenters. The molecule has 1 aliphatic rings. The van der Waals surface area contributed by atoms with Gasteiger partial charge in [0.1, 0.15) is 16.5 Å². The van der Waals surface area contributed by atoms with E-state index in [2.05, 4.69) is 21.2 Å². The summed E-state index contributed by atoms with van der Waals surface area (Å²) in [6, 6.07) is 1.55. The molecule has 21 heavy (non-hydrogen) atoms. The lowest BCUT2D eigenvalue weighted by Gasteiger charge is -2.32. The van der Waals surface area contributed by atoms with Crippen molar-refractivity contribution in [2.45, 2.75) is 17.7 Å². The minimum Gasteiger partial charge on any atom is -0.319 e. The Morgan fingerprint density at radius 1 is 1.43 bits per heavy atom. The molecule has 1 N–H and O–H groups in total. The fourth-order valence-electron chi connectivity index (χ4n) is 2.60. The summed E-state index contributed by atoms with van der Waals surface area (Å²) in [5.41, 5.74) is 0. The van der Waals surface area contributed by atoms with Crippen molar-refractivity contribution in [1.82, 2.24) is 9.62 Å². The fourth-order valence-corrected chi connectivity index (χ4v) is 5.27. The van der Waals surface area contributed by atoms with Crippen LogP contribution in [-0.4, -0.2) is 39.4 Å². The highest BCUT2D eigenvalue weighted by Crippen LogP contribution is 2.31. The van der Waals surface area contributed by atoms with Gasteiger partial charge >= 0.3 is 0 Å². The first kappa shape index (κ1) is 16.8. The van der Waals surface area contributed by atoms with E-state index in [9.17, 15) is 17.2 Å². The molecule has 0 amide bonds. The van der Waals surface area contributed by atoms with Crippen molar-refractivity contribution in [2.24, 2.45) is 5.92 Å². The van der Waals surface area contributed by atoms with Gasteiger partial charge in [-0.1, -0.05) is 0 Å². The molecule has 0 radical (unpaired) electrons. The van der Waals surface area contributed by atoms with Crippen molar-refractivity contribution in [3.05, 3.63) is 28.2 Å². The Kier molecular flexibility index (Phi) is 5.34. The standard InChI is InChI=1S/C13H17BrF2N2O2S/c1-17-7-9-3-2-4-18(8-9)21(19,20)13-11(14)5-10(15)6-12(13)16/h5-6,9,17H,2-4,7-8H2,1H3. The van der Waals surface area contributed by atoms with Crippen LogP contribution in [0.15, 0.2) is 21.5 Å². The molecule has 0 aliphatic carbocycles. The van der Waals surface area contributed by atoms with Crippen LogP contribution in [0.3, 0.4) is 0 Å². The molecule has 118 valence electrons. The molecule has 1 aromatic rings. The molecular formula is C13H17BrF2N2O2S. The van der Waals surface area contributed by atoms with Gasteiger partial charge in [0, 0.05) is 23.6 Å². The maximum absolute atomic E-state index is 13.9. The van der Waals surface area contributed by atoms with E-state index < -0.39 is 26.6 Å². The summed E-state index contributed by atoms with van der Waals surface area (Å²) in [6.07, 6.45) is 1.66. The minimum absolute atomic E-state index is 0.0873. The van der Waals surface area contributed by atoms with Crippen LogP contribution in [0.1, 0.15) is 12.8 Å². The number of hydrogen-bond donors (Lipinski definition) is 1. The largest absolute Gasteiger partial charge is 0.319 e. The molecule has 1 atom stereocenters. The van der Waals surface area contributed by atoms with Gasteiger partial charge in [-0.05, 0) is 54.3 Å². The van der Waals surface area contributed by atoms with Crippen LogP contribution >= 0.6 is 15.9 Å². The van der Waals surface area contributed by atoms with Gasteiger partial charge in [-0.3, -0.25) is 0 Å².